The predicted molar refractivity (Wildman–Crippen MR) is 82.0 cm³/mol. The molecule has 0 aliphatic heterocycles. The van der Waals surface area contributed by atoms with Crippen LogP contribution in [0.2, 0.25) is 0 Å². The van der Waals surface area contributed by atoms with Crippen molar-refractivity contribution in [1.29, 1.82) is 0 Å². The molecule has 0 radical (unpaired) electrons. The molecule has 0 bridgehead atoms. The Labute approximate surface area is 132 Å². The molecule has 0 aliphatic rings. The number of nitrogens with zero attached hydrogens (tertiary/aromatic N) is 3. The van der Waals surface area contributed by atoms with Gasteiger partial charge in [-0.3, -0.25) is 4.98 Å². The summed E-state index contributed by atoms with van der Waals surface area (Å²) in [5, 5.41) is 7.96. The topological polar surface area (TPSA) is 61.0 Å². The van der Waals surface area contributed by atoms with Gasteiger partial charge in [0, 0.05) is 17.5 Å². The number of pyridine rings is 1. The third-order valence-corrected chi connectivity index (χ3v) is 3.07. The molecule has 0 amide bonds. The minimum Gasteiger partial charge on any atom is -0.478 e. The summed E-state index contributed by atoms with van der Waals surface area (Å²) >= 11 is 0. The first-order chi connectivity index (χ1) is 11.2. The second-order valence-corrected chi connectivity index (χ2v) is 4.74. The van der Waals surface area contributed by atoms with E-state index in [0.717, 1.165) is 5.69 Å². The number of aromatic nitrogens is 3. The van der Waals surface area contributed by atoms with Crippen molar-refractivity contribution >= 4 is 0 Å². The lowest BCUT2D eigenvalue weighted by Gasteiger charge is -2.04. The maximum atomic E-state index is 13.6. The lowest BCUT2D eigenvalue weighted by Crippen LogP contribution is -1.96. The first-order valence-corrected chi connectivity index (χ1v) is 6.80. The Morgan fingerprint density at radius 1 is 1.17 bits per heavy atom. The van der Waals surface area contributed by atoms with Crippen LogP contribution in [0.4, 0.5) is 4.39 Å². The molecule has 0 saturated carbocycles. The van der Waals surface area contributed by atoms with Crippen LogP contribution in [-0.4, -0.2) is 21.8 Å². The van der Waals surface area contributed by atoms with Crippen molar-refractivity contribution in [2.24, 2.45) is 0 Å². The van der Waals surface area contributed by atoms with Crippen LogP contribution in [-0.2, 0) is 0 Å². The molecule has 3 rings (SSSR count). The Bertz CT molecular complexity index is 866. The van der Waals surface area contributed by atoms with Crippen LogP contribution in [0.3, 0.4) is 0 Å². The second-order valence-electron chi connectivity index (χ2n) is 4.74. The fourth-order valence-corrected chi connectivity index (χ4v) is 1.92. The molecule has 6 heteroatoms. The van der Waals surface area contributed by atoms with E-state index in [2.05, 4.69) is 21.1 Å². The average Bonchev–Trinajstić information content (AvgIpc) is 3.05. The Morgan fingerprint density at radius 2 is 1.91 bits per heavy atom. The van der Waals surface area contributed by atoms with Crippen molar-refractivity contribution in [1.82, 2.24) is 15.2 Å². The highest BCUT2D eigenvalue weighted by atomic mass is 19.1. The number of hydrogen-bond acceptors (Lipinski definition) is 5. The zero-order valence-electron chi connectivity index (χ0n) is 12.3. The van der Waals surface area contributed by atoms with E-state index >= 15 is 0 Å². The highest BCUT2D eigenvalue weighted by Gasteiger charge is 2.13. The standard InChI is InChI=1S/C17H12FN3O2/c1-3-8-22-15-9-12(6-7-14(15)18)16-20-21-17(23-16)13-5-4-11(2)19-10-13/h1,4-7,9-10H,8H2,2H3. The number of halogens is 1. The fraction of sp³-hybridized carbons (Fsp3) is 0.118. The van der Waals surface area contributed by atoms with Gasteiger partial charge in [-0.1, -0.05) is 5.92 Å². The van der Waals surface area contributed by atoms with Crippen LogP contribution < -0.4 is 4.74 Å². The van der Waals surface area contributed by atoms with E-state index in [-0.39, 0.29) is 18.2 Å². The molecule has 2 aromatic heterocycles. The lowest BCUT2D eigenvalue weighted by atomic mass is 10.2. The van der Waals surface area contributed by atoms with Crippen LogP contribution in [0.25, 0.3) is 22.9 Å². The normalized spacial score (nSPS) is 10.3. The molecule has 0 N–H and O–H groups in total. The van der Waals surface area contributed by atoms with Crippen molar-refractivity contribution < 1.29 is 13.5 Å². The first-order valence-electron chi connectivity index (χ1n) is 6.80. The summed E-state index contributed by atoms with van der Waals surface area (Å²) < 4.78 is 24.4. The third-order valence-electron chi connectivity index (χ3n) is 3.07. The van der Waals surface area contributed by atoms with Gasteiger partial charge in [-0.2, -0.15) is 0 Å². The van der Waals surface area contributed by atoms with Gasteiger partial charge in [0.05, 0.1) is 5.56 Å². The largest absolute Gasteiger partial charge is 0.478 e. The fourth-order valence-electron chi connectivity index (χ4n) is 1.92. The number of rotatable bonds is 4. The van der Waals surface area contributed by atoms with Crippen LogP contribution >= 0.6 is 0 Å². The van der Waals surface area contributed by atoms with Gasteiger partial charge < -0.3 is 9.15 Å². The van der Waals surface area contributed by atoms with Crippen molar-refractivity contribution in [2.45, 2.75) is 6.92 Å². The molecule has 0 spiro atoms. The number of benzene rings is 1. The molecule has 1 aromatic carbocycles. The molecule has 23 heavy (non-hydrogen) atoms. The summed E-state index contributed by atoms with van der Waals surface area (Å²) in [6.07, 6.45) is 6.76. The number of ether oxygens (including phenoxy) is 1. The molecule has 3 aromatic rings. The Kier molecular flexibility index (Phi) is 4.02. The van der Waals surface area contributed by atoms with Gasteiger partial charge in [0.2, 0.25) is 11.8 Å². The van der Waals surface area contributed by atoms with Crippen molar-refractivity contribution in [3.63, 3.8) is 0 Å². The molecule has 0 saturated heterocycles. The highest BCUT2D eigenvalue weighted by Crippen LogP contribution is 2.28. The van der Waals surface area contributed by atoms with Gasteiger partial charge in [0.25, 0.3) is 0 Å². The molecule has 0 fully saturated rings. The van der Waals surface area contributed by atoms with Crippen LogP contribution in [0.5, 0.6) is 5.75 Å². The molecule has 0 aliphatic carbocycles. The Morgan fingerprint density at radius 3 is 2.61 bits per heavy atom. The van der Waals surface area contributed by atoms with Crippen LogP contribution in [0.15, 0.2) is 40.9 Å². The quantitative estimate of drug-likeness (QED) is 0.692. The predicted octanol–water partition coefficient (Wildman–Crippen LogP) is 3.26. The van der Waals surface area contributed by atoms with Gasteiger partial charge in [-0.15, -0.1) is 16.6 Å². The van der Waals surface area contributed by atoms with E-state index in [4.69, 9.17) is 15.6 Å². The highest BCUT2D eigenvalue weighted by molar-refractivity contribution is 5.59. The van der Waals surface area contributed by atoms with E-state index in [0.29, 0.717) is 17.0 Å². The van der Waals surface area contributed by atoms with Crippen LogP contribution in [0, 0.1) is 25.1 Å². The van der Waals surface area contributed by atoms with Gasteiger partial charge in [-0.25, -0.2) is 4.39 Å². The van der Waals surface area contributed by atoms with Gasteiger partial charge >= 0.3 is 0 Å². The minimum absolute atomic E-state index is 0.0233. The van der Waals surface area contributed by atoms with E-state index in [9.17, 15) is 4.39 Å². The minimum atomic E-state index is -0.508. The maximum Gasteiger partial charge on any atom is 0.249 e. The number of hydrogen-bond donors (Lipinski definition) is 0. The summed E-state index contributed by atoms with van der Waals surface area (Å²) in [5.74, 6) is 2.41. The van der Waals surface area contributed by atoms with E-state index in [1.54, 1.807) is 6.20 Å². The van der Waals surface area contributed by atoms with Crippen molar-refractivity contribution in [2.75, 3.05) is 6.61 Å². The van der Waals surface area contributed by atoms with E-state index in [1.165, 1.54) is 18.2 Å². The maximum absolute atomic E-state index is 13.6. The van der Waals surface area contributed by atoms with Crippen LogP contribution in [0.1, 0.15) is 5.69 Å². The molecule has 0 unspecified atom stereocenters. The molecule has 2 heterocycles. The van der Waals surface area contributed by atoms with Gasteiger partial charge in [0.1, 0.15) is 6.61 Å². The van der Waals surface area contributed by atoms with E-state index < -0.39 is 5.82 Å². The summed E-state index contributed by atoms with van der Waals surface area (Å²) in [6, 6.07) is 7.95. The third kappa shape index (κ3) is 3.19. The van der Waals surface area contributed by atoms with Crippen molar-refractivity contribution in [3.05, 3.63) is 48.0 Å². The summed E-state index contributed by atoms with van der Waals surface area (Å²) in [5.41, 5.74) is 2.14. The number of aryl methyl sites for hydroxylation is 1. The van der Waals surface area contributed by atoms with E-state index in [1.807, 2.05) is 19.1 Å². The molecular weight excluding hydrogens is 297 g/mol. The summed E-state index contributed by atoms with van der Waals surface area (Å²) in [6.45, 7) is 1.86. The zero-order valence-corrected chi connectivity index (χ0v) is 12.3. The average molecular weight is 309 g/mol. The van der Waals surface area contributed by atoms with Gasteiger partial charge in [-0.05, 0) is 37.3 Å². The molecular formula is C17H12FN3O2. The van der Waals surface area contributed by atoms with Crippen molar-refractivity contribution in [3.8, 4) is 41.0 Å². The SMILES string of the molecule is C#CCOc1cc(-c2nnc(-c3ccc(C)nc3)o2)ccc1F. The summed E-state index contributed by atoms with van der Waals surface area (Å²) in [4.78, 5) is 4.18. The second kappa shape index (κ2) is 6.28. The number of terminal acetylenes is 1. The molecule has 114 valence electrons. The Hall–Kier alpha value is -3.20. The molecule has 0 atom stereocenters. The Balaban J connectivity index is 1.91. The molecule has 5 nitrogen and oxygen atoms in total. The smallest absolute Gasteiger partial charge is 0.249 e. The summed E-state index contributed by atoms with van der Waals surface area (Å²) in [7, 11) is 0. The van der Waals surface area contributed by atoms with Gasteiger partial charge in [0.15, 0.2) is 11.6 Å². The zero-order chi connectivity index (χ0) is 16.2. The first kappa shape index (κ1) is 14.7. The lowest BCUT2D eigenvalue weighted by molar-refractivity contribution is 0.348. The monoisotopic (exact) mass is 309 g/mol.